The summed E-state index contributed by atoms with van der Waals surface area (Å²) in [6, 6.07) is 4.44. The molecule has 8 nitrogen and oxygen atoms in total. The maximum Gasteiger partial charge on any atom is 0.270 e. The van der Waals surface area contributed by atoms with Gasteiger partial charge in [0.05, 0.1) is 28.4 Å². The summed E-state index contributed by atoms with van der Waals surface area (Å²) in [5.41, 5.74) is 0.643. The van der Waals surface area contributed by atoms with Crippen LogP contribution in [0.15, 0.2) is 18.2 Å². The molecule has 0 fully saturated rings. The van der Waals surface area contributed by atoms with Gasteiger partial charge in [0.25, 0.3) is 5.69 Å². The first-order valence-corrected chi connectivity index (χ1v) is 7.60. The van der Waals surface area contributed by atoms with Crippen molar-refractivity contribution in [1.82, 2.24) is 9.88 Å². The number of aromatic nitrogens is 1. The molecule has 0 saturated carbocycles. The molecule has 0 atom stereocenters. The number of fused-ring (bicyclic) bond motifs is 1. The lowest BCUT2D eigenvalue weighted by atomic mass is 10.3. The summed E-state index contributed by atoms with van der Waals surface area (Å²) in [4.78, 5) is 16.2. The molecule has 1 aromatic heterocycles. The Morgan fingerprint density at radius 1 is 1.41 bits per heavy atom. The van der Waals surface area contributed by atoms with E-state index in [2.05, 4.69) is 10.3 Å². The number of nitro groups is 1. The Labute approximate surface area is 135 Å². The van der Waals surface area contributed by atoms with Crippen LogP contribution >= 0.6 is 23.6 Å². The van der Waals surface area contributed by atoms with E-state index in [1.165, 1.54) is 23.5 Å². The second-order valence-electron chi connectivity index (χ2n) is 4.29. The van der Waals surface area contributed by atoms with Gasteiger partial charge in [0.1, 0.15) is 0 Å². The minimum atomic E-state index is -0.457. The highest BCUT2D eigenvalue weighted by Gasteiger charge is 2.13. The number of nitrogens with zero attached hydrogens (tertiary/aromatic N) is 3. The number of aliphatic hydroxyl groups excluding tert-OH is 2. The zero-order valence-corrected chi connectivity index (χ0v) is 13.1. The van der Waals surface area contributed by atoms with Crippen LogP contribution in [0.2, 0.25) is 0 Å². The Bertz CT molecular complexity index is 685. The standard InChI is InChI=1S/C12H14N4O4S2/c17-5-3-15(4-6-18)12(21)14-11-13-9-2-1-8(16(19)20)7-10(9)22-11/h1-2,7,17-18H,3-6H2,(H,13,14,21). The number of hydrogen-bond acceptors (Lipinski definition) is 7. The molecule has 0 aliphatic rings. The largest absolute Gasteiger partial charge is 0.395 e. The van der Waals surface area contributed by atoms with Crippen molar-refractivity contribution in [3.8, 4) is 0 Å². The van der Waals surface area contributed by atoms with Crippen LogP contribution in [0.1, 0.15) is 0 Å². The fourth-order valence-corrected chi connectivity index (χ4v) is 3.05. The molecule has 0 aliphatic carbocycles. The van der Waals surface area contributed by atoms with Gasteiger partial charge in [0.2, 0.25) is 0 Å². The van der Waals surface area contributed by atoms with Gasteiger partial charge in [-0.1, -0.05) is 11.3 Å². The molecular formula is C12H14N4O4S2. The predicted octanol–water partition coefficient (Wildman–Crippen LogP) is 1.19. The first kappa shape index (κ1) is 16.5. The topological polar surface area (TPSA) is 112 Å². The molecule has 118 valence electrons. The number of nitrogens with one attached hydrogen (secondary N) is 1. The van der Waals surface area contributed by atoms with E-state index in [0.717, 1.165) is 0 Å². The van der Waals surface area contributed by atoms with Crippen molar-refractivity contribution in [2.45, 2.75) is 0 Å². The van der Waals surface area contributed by atoms with E-state index >= 15 is 0 Å². The van der Waals surface area contributed by atoms with Crippen molar-refractivity contribution >= 4 is 49.7 Å². The van der Waals surface area contributed by atoms with Gasteiger partial charge < -0.3 is 20.4 Å². The maximum atomic E-state index is 10.8. The number of anilines is 1. The molecule has 22 heavy (non-hydrogen) atoms. The molecule has 1 aromatic carbocycles. The minimum absolute atomic E-state index is 0.00691. The van der Waals surface area contributed by atoms with Gasteiger partial charge >= 0.3 is 0 Å². The summed E-state index contributed by atoms with van der Waals surface area (Å²) in [5.74, 6) is 0. The number of thiazole rings is 1. The van der Waals surface area contributed by atoms with Gasteiger partial charge in [-0.25, -0.2) is 4.98 Å². The quantitative estimate of drug-likeness (QED) is 0.408. The average molecular weight is 342 g/mol. The van der Waals surface area contributed by atoms with E-state index < -0.39 is 4.92 Å². The number of non-ortho nitro benzene ring substituents is 1. The van der Waals surface area contributed by atoms with E-state index in [9.17, 15) is 10.1 Å². The van der Waals surface area contributed by atoms with Crippen molar-refractivity contribution in [2.24, 2.45) is 0 Å². The number of hydrogen-bond donors (Lipinski definition) is 3. The fraction of sp³-hybridized carbons (Fsp3) is 0.333. The molecule has 0 radical (unpaired) electrons. The lowest BCUT2D eigenvalue weighted by molar-refractivity contribution is -0.384. The Morgan fingerprint density at radius 2 is 2.09 bits per heavy atom. The third kappa shape index (κ3) is 3.85. The van der Waals surface area contributed by atoms with Crippen molar-refractivity contribution in [1.29, 1.82) is 0 Å². The van der Waals surface area contributed by atoms with Crippen LogP contribution in [0.4, 0.5) is 10.8 Å². The van der Waals surface area contributed by atoms with E-state index in [0.29, 0.717) is 33.6 Å². The third-order valence-electron chi connectivity index (χ3n) is 2.82. The highest BCUT2D eigenvalue weighted by atomic mass is 32.1. The number of nitro benzene ring substituents is 1. The summed E-state index contributed by atoms with van der Waals surface area (Å²) < 4.78 is 0.676. The first-order valence-electron chi connectivity index (χ1n) is 6.37. The second kappa shape index (κ2) is 7.40. The van der Waals surface area contributed by atoms with Crippen LogP contribution in [0, 0.1) is 10.1 Å². The molecule has 0 amide bonds. The zero-order chi connectivity index (χ0) is 16.1. The monoisotopic (exact) mass is 342 g/mol. The van der Waals surface area contributed by atoms with E-state index in [1.54, 1.807) is 11.0 Å². The van der Waals surface area contributed by atoms with Crippen LogP contribution in [0.5, 0.6) is 0 Å². The number of thiocarbonyl (C=S) groups is 1. The Balaban J connectivity index is 2.17. The molecule has 2 rings (SSSR count). The summed E-state index contributed by atoms with van der Waals surface area (Å²) in [6.45, 7) is 0.410. The minimum Gasteiger partial charge on any atom is -0.395 e. The smallest absolute Gasteiger partial charge is 0.270 e. The first-order chi connectivity index (χ1) is 10.5. The SMILES string of the molecule is O=[N+]([O-])c1ccc2nc(NC(=S)N(CCO)CCO)sc2c1. The summed E-state index contributed by atoms with van der Waals surface area (Å²) in [6.07, 6.45) is 0. The van der Waals surface area contributed by atoms with Gasteiger partial charge in [0, 0.05) is 25.2 Å². The van der Waals surface area contributed by atoms with Gasteiger partial charge in [-0.2, -0.15) is 0 Å². The number of aliphatic hydroxyl groups is 2. The lowest BCUT2D eigenvalue weighted by Crippen LogP contribution is -2.38. The van der Waals surface area contributed by atoms with Crippen LogP contribution in [-0.4, -0.2) is 56.4 Å². The Hall–Kier alpha value is -1.88. The maximum absolute atomic E-state index is 10.8. The normalized spacial score (nSPS) is 10.6. The molecule has 0 bridgehead atoms. The van der Waals surface area contributed by atoms with Crippen molar-refractivity contribution in [3.05, 3.63) is 28.3 Å². The second-order valence-corrected chi connectivity index (χ2v) is 5.71. The zero-order valence-electron chi connectivity index (χ0n) is 11.4. The van der Waals surface area contributed by atoms with Gasteiger partial charge in [-0.15, -0.1) is 0 Å². The molecule has 3 N–H and O–H groups in total. The summed E-state index contributed by atoms with van der Waals surface area (Å²) >= 11 is 6.46. The molecule has 0 saturated heterocycles. The van der Waals surface area contributed by atoms with E-state index in [-0.39, 0.29) is 18.9 Å². The van der Waals surface area contributed by atoms with Crippen LogP contribution in [0.3, 0.4) is 0 Å². The Morgan fingerprint density at radius 3 is 2.68 bits per heavy atom. The van der Waals surface area contributed by atoms with Gasteiger partial charge in [0.15, 0.2) is 10.2 Å². The molecule has 0 unspecified atom stereocenters. The van der Waals surface area contributed by atoms with Crippen molar-refractivity contribution in [3.63, 3.8) is 0 Å². The molecule has 0 aliphatic heterocycles. The highest BCUT2D eigenvalue weighted by molar-refractivity contribution is 7.80. The molecular weight excluding hydrogens is 328 g/mol. The molecule has 2 aromatic rings. The average Bonchev–Trinajstić information content (AvgIpc) is 2.87. The number of benzene rings is 1. The van der Waals surface area contributed by atoms with Crippen LogP contribution in [-0.2, 0) is 0 Å². The summed E-state index contributed by atoms with van der Waals surface area (Å²) in [7, 11) is 0. The summed E-state index contributed by atoms with van der Waals surface area (Å²) in [5, 5.41) is 32.5. The molecule has 0 spiro atoms. The van der Waals surface area contributed by atoms with Crippen LogP contribution in [0.25, 0.3) is 10.2 Å². The molecule has 1 heterocycles. The van der Waals surface area contributed by atoms with Gasteiger partial charge in [-0.05, 0) is 18.3 Å². The Kier molecular flexibility index (Phi) is 5.55. The third-order valence-corrected chi connectivity index (χ3v) is 4.12. The molecule has 10 heteroatoms. The predicted molar refractivity (Wildman–Crippen MR) is 88.2 cm³/mol. The highest BCUT2D eigenvalue weighted by Crippen LogP contribution is 2.29. The van der Waals surface area contributed by atoms with Crippen molar-refractivity contribution < 1.29 is 15.1 Å². The van der Waals surface area contributed by atoms with Gasteiger partial charge in [-0.3, -0.25) is 10.1 Å². The number of rotatable bonds is 6. The van der Waals surface area contributed by atoms with E-state index in [4.69, 9.17) is 22.4 Å². The van der Waals surface area contributed by atoms with Crippen molar-refractivity contribution in [2.75, 3.05) is 31.6 Å². The fourth-order valence-electron chi connectivity index (χ4n) is 1.81. The van der Waals surface area contributed by atoms with E-state index in [1.807, 2.05) is 0 Å². The lowest BCUT2D eigenvalue weighted by Gasteiger charge is -2.23. The van der Waals surface area contributed by atoms with Crippen LogP contribution < -0.4 is 5.32 Å².